The van der Waals surface area contributed by atoms with Crippen LogP contribution < -0.4 is 4.74 Å². The van der Waals surface area contributed by atoms with E-state index in [-0.39, 0.29) is 24.3 Å². The maximum Gasteiger partial charge on any atom is 0.309 e. The Bertz CT molecular complexity index is 793. The van der Waals surface area contributed by atoms with E-state index < -0.39 is 0 Å². The molecule has 5 nitrogen and oxygen atoms in total. The monoisotopic (exact) mass is 355 g/mol. The molecule has 2 aromatic carbocycles. The minimum Gasteiger partial charge on any atom is -0.490 e. The van der Waals surface area contributed by atoms with Gasteiger partial charge < -0.3 is 9.47 Å². The van der Waals surface area contributed by atoms with Crippen LogP contribution in [0, 0.1) is 0 Å². The first-order chi connectivity index (χ1) is 12.0. The van der Waals surface area contributed by atoms with Crippen molar-refractivity contribution in [3.63, 3.8) is 0 Å². The zero-order valence-electron chi connectivity index (χ0n) is 13.9. The number of carbonyl (C=O) groups is 2. The summed E-state index contributed by atoms with van der Waals surface area (Å²) in [6, 6.07) is 13.6. The largest absolute Gasteiger partial charge is 0.490 e. The van der Waals surface area contributed by atoms with Crippen LogP contribution in [0.4, 0.5) is 5.69 Å². The molecule has 0 spiro atoms. The van der Waals surface area contributed by atoms with Crippen LogP contribution >= 0.6 is 12.2 Å². The Hall–Kier alpha value is -2.82. The molecular formula is C19H17NO4S. The van der Waals surface area contributed by atoms with Crippen LogP contribution in [0.15, 0.2) is 53.5 Å². The summed E-state index contributed by atoms with van der Waals surface area (Å²) in [5, 5.41) is 2.28. The van der Waals surface area contributed by atoms with E-state index in [0.717, 1.165) is 0 Å². The molecule has 0 aliphatic carbocycles. The number of isothiocyanates is 1. The number of benzene rings is 2. The second-order valence-electron chi connectivity index (χ2n) is 5.31. The molecule has 0 bridgehead atoms. The van der Waals surface area contributed by atoms with E-state index >= 15 is 0 Å². The molecular weight excluding hydrogens is 338 g/mol. The molecule has 0 radical (unpaired) electrons. The summed E-state index contributed by atoms with van der Waals surface area (Å²) in [4.78, 5) is 27.5. The summed E-state index contributed by atoms with van der Waals surface area (Å²) in [7, 11) is 1.34. The molecule has 6 heteroatoms. The van der Waals surface area contributed by atoms with Crippen molar-refractivity contribution in [2.24, 2.45) is 4.99 Å². The Morgan fingerprint density at radius 3 is 2.16 bits per heavy atom. The van der Waals surface area contributed by atoms with Crippen molar-refractivity contribution in [2.45, 2.75) is 19.4 Å². The van der Waals surface area contributed by atoms with Gasteiger partial charge in [0.1, 0.15) is 11.9 Å². The molecule has 1 atom stereocenters. The summed E-state index contributed by atoms with van der Waals surface area (Å²) in [6.45, 7) is 1.78. The summed E-state index contributed by atoms with van der Waals surface area (Å²) in [5.41, 5.74) is 1.74. The first-order valence-corrected chi connectivity index (χ1v) is 8.00. The van der Waals surface area contributed by atoms with Crippen LogP contribution in [0.1, 0.15) is 29.3 Å². The van der Waals surface area contributed by atoms with Gasteiger partial charge in [-0.1, -0.05) is 0 Å². The standard InChI is InChI=1S/C19H17NO4S/c1-13(11-18(21)23-2)24-17-9-5-15(6-10-17)19(22)14-3-7-16(8-4-14)20-12-25/h3-10,13H,11H2,1-2H3. The summed E-state index contributed by atoms with van der Waals surface area (Å²) >= 11 is 4.55. The highest BCUT2D eigenvalue weighted by Gasteiger charge is 2.12. The van der Waals surface area contributed by atoms with E-state index in [9.17, 15) is 9.59 Å². The lowest BCUT2D eigenvalue weighted by atomic mass is 10.0. The molecule has 0 aliphatic heterocycles. The van der Waals surface area contributed by atoms with Crippen LogP contribution in [0.2, 0.25) is 0 Å². The topological polar surface area (TPSA) is 65.0 Å². The molecule has 1 unspecified atom stereocenters. The lowest BCUT2D eigenvalue weighted by Crippen LogP contribution is -2.17. The highest BCUT2D eigenvalue weighted by Crippen LogP contribution is 2.19. The molecule has 0 aromatic heterocycles. The summed E-state index contributed by atoms with van der Waals surface area (Å²) in [5.74, 6) is 0.145. The number of carbonyl (C=O) groups excluding carboxylic acids is 2. The second kappa shape index (κ2) is 8.87. The van der Waals surface area contributed by atoms with Gasteiger partial charge in [0.2, 0.25) is 0 Å². The van der Waals surface area contributed by atoms with Gasteiger partial charge in [0.15, 0.2) is 5.78 Å². The highest BCUT2D eigenvalue weighted by molar-refractivity contribution is 7.78. The zero-order chi connectivity index (χ0) is 18.2. The molecule has 0 aliphatic rings. The van der Waals surface area contributed by atoms with Crippen molar-refractivity contribution in [2.75, 3.05) is 7.11 Å². The average molecular weight is 355 g/mol. The van der Waals surface area contributed by atoms with Crippen molar-refractivity contribution < 1.29 is 19.1 Å². The second-order valence-corrected chi connectivity index (χ2v) is 5.49. The Morgan fingerprint density at radius 1 is 1.08 bits per heavy atom. The van der Waals surface area contributed by atoms with Gasteiger partial charge >= 0.3 is 5.97 Å². The quantitative estimate of drug-likeness (QED) is 0.325. The first-order valence-electron chi connectivity index (χ1n) is 7.59. The van der Waals surface area contributed by atoms with Crippen LogP contribution in [0.25, 0.3) is 0 Å². The minimum atomic E-state index is -0.333. The van der Waals surface area contributed by atoms with Crippen LogP contribution in [0.5, 0.6) is 5.75 Å². The molecule has 0 N–H and O–H groups in total. The molecule has 2 rings (SSSR count). The lowest BCUT2D eigenvalue weighted by molar-refractivity contribution is -0.142. The normalized spacial score (nSPS) is 11.1. The molecule has 0 saturated heterocycles. The lowest BCUT2D eigenvalue weighted by Gasteiger charge is -2.13. The van der Waals surface area contributed by atoms with E-state index in [4.69, 9.17) is 4.74 Å². The van der Waals surface area contributed by atoms with E-state index in [0.29, 0.717) is 22.6 Å². The Morgan fingerprint density at radius 2 is 1.64 bits per heavy atom. The molecule has 25 heavy (non-hydrogen) atoms. The maximum absolute atomic E-state index is 12.5. The fraction of sp³-hybridized carbons (Fsp3) is 0.211. The van der Waals surface area contributed by atoms with Crippen LogP contribution in [-0.4, -0.2) is 30.1 Å². The zero-order valence-corrected chi connectivity index (χ0v) is 14.7. The van der Waals surface area contributed by atoms with E-state index in [1.807, 2.05) is 0 Å². The number of esters is 1. The van der Waals surface area contributed by atoms with Crippen molar-refractivity contribution in [3.05, 3.63) is 59.7 Å². The number of ketones is 1. The van der Waals surface area contributed by atoms with Gasteiger partial charge in [-0.15, -0.1) is 0 Å². The Balaban J connectivity index is 2.04. The maximum atomic E-state index is 12.5. The fourth-order valence-electron chi connectivity index (χ4n) is 2.18. The third-order valence-electron chi connectivity index (χ3n) is 3.44. The number of methoxy groups -OCH3 is 1. The number of hydrogen-bond acceptors (Lipinski definition) is 6. The predicted molar refractivity (Wildman–Crippen MR) is 97.7 cm³/mol. The third kappa shape index (κ3) is 5.35. The van der Waals surface area contributed by atoms with Gasteiger partial charge in [0.25, 0.3) is 0 Å². The van der Waals surface area contributed by atoms with Crippen molar-refractivity contribution >= 4 is 34.8 Å². The molecule has 0 amide bonds. The molecule has 2 aromatic rings. The van der Waals surface area contributed by atoms with E-state index in [1.165, 1.54) is 7.11 Å². The van der Waals surface area contributed by atoms with Gasteiger partial charge in [-0.3, -0.25) is 9.59 Å². The summed E-state index contributed by atoms with van der Waals surface area (Å²) < 4.78 is 10.2. The number of thiocarbonyl (C=S) groups is 1. The molecule has 128 valence electrons. The Kier molecular flexibility index (Phi) is 6.57. The Labute approximate surface area is 151 Å². The van der Waals surface area contributed by atoms with Crippen molar-refractivity contribution in [1.29, 1.82) is 0 Å². The van der Waals surface area contributed by atoms with Gasteiger partial charge in [-0.25, -0.2) is 0 Å². The molecule has 0 heterocycles. The van der Waals surface area contributed by atoms with Crippen LogP contribution in [-0.2, 0) is 9.53 Å². The SMILES string of the molecule is COC(=O)CC(C)Oc1ccc(C(=O)c2ccc(N=C=S)cc2)cc1. The fourth-order valence-corrected chi connectivity index (χ4v) is 2.29. The van der Waals surface area contributed by atoms with Gasteiger partial charge in [0.05, 0.1) is 24.4 Å². The van der Waals surface area contributed by atoms with E-state index in [2.05, 4.69) is 27.1 Å². The van der Waals surface area contributed by atoms with Gasteiger partial charge in [-0.05, 0) is 67.7 Å². The van der Waals surface area contributed by atoms with Crippen molar-refractivity contribution in [1.82, 2.24) is 0 Å². The number of hydrogen-bond donors (Lipinski definition) is 0. The van der Waals surface area contributed by atoms with Gasteiger partial charge in [0, 0.05) is 11.1 Å². The third-order valence-corrected chi connectivity index (χ3v) is 3.53. The highest BCUT2D eigenvalue weighted by atomic mass is 32.1. The number of rotatable bonds is 7. The molecule has 0 saturated carbocycles. The molecule has 0 fully saturated rings. The number of nitrogens with zero attached hydrogens (tertiary/aromatic N) is 1. The summed E-state index contributed by atoms with van der Waals surface area (Å²) in [6.07, 6.45) is -0.156. The first kappa shape index (κ1) is 18.5. The average Bonchev–Trinajstić information content (AvgIpc) is 2.62. The smallest absolute Gasteiger partial charge is 0.309 e. The van der Waals surface area contributed by atoms with Gasteiger partial charge in [-0.2, -0.15) is 4.99 Å². The number of ether oxygens (including phenoxy) is 2. The predicted octanol–water partition coefficient (Wildman–Crippen LogP) is 3.98. The van der Waals surface area contributed by atoms with Crippen molar-refractivity contribution in [3.8, 4) is 5.75 Å². The minimum absolute atomic E-state index is 0.105. The van der Waals surface area contributed by atoms with E-state index in [1.54, 1.807) is 55.5 Å². The van der Waals surface area contributed by atoms with Crippen LogP contribution in [0.3, 0.4) is 0 Å². The number of aliphatic imine (C=N–C) groups is 1.